The first kappa shape index (κ1) is 8.39. The minimum Gasteiger partial charge on any atom is -0.508 e. The maximum atomic E-state index is 10.1. The summed E-state index contributed by atoms with van der Waals surface area (Å²) in [6.45, 7) is 1.67. The largest absolute Gasteiger partial charge is 0.508 e. The molecule has 0 spiro atoms. The van der Waals surface area contributed by atoms with Crippen LogP contribution in [0.1, 0.15) is 5.56 Å². The summed E-state index contributed by atoms with van der Waals surface area (Å²) in [6, 6.07) is 2.62. The zero-order chi connectivity index (χ0) is 9.14. The van der Waals surface area contributed by atoms with Gasteiger partial charge in [-0.2, -0.15) is 0 Å². The van der Waals surface area contributed by atoms with Gasteiger partial charge in [0.2, 0.25) is 6.41 Å². The number of phenols is 2. The molecule has 0 radical (unpaired) electrons. The van der Waals surface area contributed by atoms with Crippen LogP contribution in [0, 0.1) is 6.92 Å². The van der Waals surface area contributed by atoms with Crippen molar-refractivity contribution < 1.29 is 15.0 Å². The van der Waals surface area contributed by atoms with Gasteiger partial charge in [-0.25, -0.2) is 0 Å². The molecule has 0 aromatic heterocycles. The third kappa shape index (κ3) is 1.47. The van der Waals surface area contributed by atoms with Gasteiger partial charge < -0.3 is 15.5 Å². The summed E-state index contributed by atoms with van der Waals surface area (Å²) >= 11 is 0. The van der Waals surface area contributed by atoms with Crippen LogP contribution in [0.5, 0.6) is 11.5 Å². The zero-order valence-electron chi connectivity index (χ0n) is 6.53. The van der Waals surface area contributed by atoms with Crippen molar-refractivity contribution in [3.63, 3.8) is 0 Å². The van der Waals surface area contributed by atoms with Gasteiger partial charge >= 0.3 is 0 Å². The summed E-state index contributed by atoms with van der Waals surface area (Å²) in [5.41, 5.74) is 0.933. The van der Waals surface area contributed by atoms with Gasteiger partial charge in [0.15, 0.2) is 0 Å². The summed E-state index contributed by atoms with van der Waals surface area (Å²) in [5.74, 6) is -0.166. The highest BCUT2D eigenvalue weighted by atomic mass is 16.3. The smallest absolute Gasteiger partial charge is 0.211 e. The van der Waals surface area contributed by atoms with E-state index in [2.05, 4.69) is 5.32 Å². The van der Waals surface area contributed by atoms with Gasteiger partial charge in [0.05, 0.1) is 5.69 Å². The number of phenolic OH excluding ortho intramolecular Hbond substituents is 2. The highest BCUT2D eigenvalue weighted by Crippen LogP contribution is 2.30. The summed E-state index contributed by atoms with van der Waals surface area (Å²) in [7, 11) is 0. The molecule has 4 nitrogen and oxygen atoms in total. The van der Waals surface area contributed by atoms with Gasteiger partial charge in [0.25, 0.3) is 0 Å². The Morgan fingerprint density at radius 1 is 1.42 bits per heavy atom. The Balaban J connectivity index is 3.18. The van der Waals surface area contributed by atoms with E-state index >= 15 is 0 Å². The van der Waals surface area contributed by atoms with Crippen LogP contribution in [0.25, 0.3) is 0 Å². The molecule has 1 amide bonds. The molecule has 0 fully saturated rings. The van der Waals surface area contributed by atoms with E-state index in [4.69, 9.17) is 5.11 Å². The van der Waals surface area contributed by atoms with Gasteiger partial charge in [0, 0.05) is 6.07 Å². The standard InChI is InChI=1S/C8H9NO3/c1-5-2-6(11)3-7(12)8(5)9-4-10/h2-4,11-12H,1H3,(H,9,10). The summed E-state index contributed by atoms with van der Waals surface area (Å²) in [6.07, 6.45) is 0.471. The van der Waals surface area contributed by atoms with Gasteiger partial charge in [-0.3, -0.25) is 4.79 Å². The number of amides is 1. The van der Waals surface area contributed by atoms with E-state index in [1.54, 1.807) is 6.92 Å². The second kappa shape index (κ2) is 3.13. The number of benzene rings is 1. The number of aromatic hydroxyl groups is 2. The maximum absolute atomic E-state index is 10.1. The Labute approximate surface area is 69.5 Å². The van der Waals surface area contributed by atoms with Crippen molar-refractivity contribution in [1.82, 2.24) is 0 Å². The molecule has 0 saturated heterocycles. The number of aryl methyl sites for hydroxylation is 1. The van der Waals surface area contributed by atoms with Crippen LogP contribution in [-0.2, 0) is 4.79 Å². The molecule has 0 unspecified atom stereocenters. The first-order chi connectivity index (χ1) is 5.65. The lowest BCUT2D eigenvalue weighted by Crippen LogP contribution is -1.96. The average molecular weight is 167 g/mol. The lowest BCUT2D eigenvalue weighted by Gasteiger charge is -2.06. The second-order valence-electron chi connectivity index (χ2n) is 2.42. The summed E-state index contributed by atoms with van der Waals surface area (Å²) < 4.78 is 0. The molecular weight excluding hydrogens is 158 g/mol. The van der Waals surface area contributed by atoms with Crippen LogP contribution >= 0.6 is 0 Å². The second-order valence-corrected chi connectivity index (χ2v) is 2.42. The van der Waals surface area contributed by atoms with Crippen molar-refractivity contribution in [2.45, 2.75) is 6.92 Å². The molecule has 3 N–H and O–H groups in total. The first-order valence-corrected chi connectivity index (χ1v) is 3.38. The number of nitrogens with one attached hydrogen (secondary N) is 1. The highest BCUT2D eigenvalue weighted by Gasteiger charge is 2.05. The number of rotatable bonds is 2. The van der Waals surface area contributed by atoms with Gasteiger partial charge in [0.1, 0.15) is 11.5 Å². The van der Waals surface area contributed by atoms with Crippen LogP contribution in [0.3, 0.4) is 0 Å². The molecule has 0 aliphatic carbocycles. The van der Waals surface area contributed by atoms with E-state index in [9.17, 15) is 9.90 Å². The Bertz CT molecular complexity index is 286. The van der Waals surface area contributed by atoms with E-state index in [1.165, 1.54) is 12.1 Å². The molecule has 0 saturated carbocycles. The molecular formula is C8H9NO3. The fraction of sp³-hybridized carbons (Fsp3) is 0.125. The van der Waals surface area contributed by atoms with Crippen LogP contribution in [0.2, 0.25) is 0 Å². The molecule has 1 aromatic carbocycles. The molecule has 0 aliphatic rings. The Hall–Kier alpha value is -1.71. The molecule has 0 heterocycles. The zero-order valence-corrected chi connectivity index (χ0v) is 6.53. The van der Waals surface area contributed by atoms with Crippen molar-refractivity contribution in [3.8, 4) is 11.5 Å². The van der Waals surface area contributed by atoms with Crippen molar-refractivity contribution in [2.75, 3.05) is 5.32 Å². The summed E-state index contributed by atoms with van der Waals surface area (Å²) in [5, 5.41) is 20.6. The van der Waals surface area contributed by atoms with Crippen LogP contribution in [0.15, 0.2) is 12.1 Å². The topological polar surface area (TPSA) is 69.6 Å². The minimum absolute atomic E-state index is 0.0264. The first-order valence-electron chi connectivity index (χ1n) is 3.38. The Morgan fingerprint density at radius 2 is 2.08 bits per heavy atom. The molecule has 4 heteroatoms. The Morgan fingerprint density at radius 3 is 2.58 bits per heavy atom. The van der Waals surface area contributed by atoms with Gasteiger partial charge in [-0.1, -0.05) is 0 Å². The lowest BCUT2D eigenvalue weighted by atomic mass is 10.2. The molecule has 0 aliphatic heterocycles. The molecule has 1 aromatic rings. The van der Waals surface area contributed by atoms with Crippen molar-refractivity contribution in [1.29, 1.82) is 0 Å². The monoisotopic (exact) mass is 167 g/mol. The van der Waals surface area contributed by atoms with Crippen LogP contribution < -0.4 is 5.32 Å². The maximum Gasteiger partial charge on any atom is 0.211 e. The third-order valence-electron chi connectivity index (χ3n) is 1.50. The minimum atomic E-state index is -0.139. The van der Waals surface area contributed by atoms with Crippen LogP contribution in [0.4, 0.5) is 5.69 Å². The molecule has 1 rings (SSSR count). The predicted molar refractivity (Wildman–Crippen MR) is 44.2 cm³/mol. The van der Waals surface area contributed by atoms with Gasteiger partial charge in [-0.15, -0.1) is 0 Å². The average Bonchev–Trinajstić information content (AvgIpc) is 1.96. The molecule has 0 bridgehead atoms. The van der Waals surface area contributed by atoms with E-state index in [0.717, 1.165) is 0 Å². The van der Waals surface area contributed by atoms with Crippen molar-refractivity contribution >= 4 is 12.1 Å². The number of anilines is 1. The SMILES string of the molecule is Cc1cc(O)cc(O)c1NC=O. The van der Waals surface area contributed by atoms with E-state index in [-0.39, 0.29) is 11.5 Å². The third-order valence-corrected chi connectivity index (χ3v) is 1.50. The Kier molecular flexibility index (Phi) is 2.19. The molecule has 64 valence electrons. The lowest BCUT2D eigenvalue weighted by molar-refractivity contribution is -0.105. The number of carbonyl (C=O) groups excluding carboxylic acids is 1. The van der Waals surface area contributed by atoms with Crippen molar-refractivity contribution in [3.05, 3.63) is 17.7 Å². The van der Waals surface area contributed by atoms with E-state index in [0.29, 0.717) is 17.7 Å². The normalized spacial score (nSPS) is 9.42. The van der Waals surface area contributed by atoms with E-state index < -0.39 is 0 Å². The van der Waals surface area contributed by atoms with E-state index in [1.807, 2.05) is 0 Å². The number of hydrogen-bond donors (Lipinski definition) is 3. The molecule has 12 heavy (non-hydrogen) atoms. The molecule has 0 atom stereocenters. The highest BCUT2D eigenvalue weighted by molar-refractivity contribution is 5.78. The van der Waals surface area contributed by atoms with Gasteiger partial charge in [-0.05, 0) is 18.6 Å². The number of carbonyl (C=O) groups is 1. The summed E-state index contributed by atoms with van der Waals surface area (Å²) in [4.78, 5) is 10.1. The van der Waals surface area contributed by atoms with Crippen LogP contribution in [-0.4, -0.2) is 16.6 Å². The van der Waals surface area contributed by atoms with Crippen molar-refractivity contribution in [2.24, 2.45) is 0 Å². The number of hydrogen-bond acceptors (Lipinski definition) is 3. The fourth-order valence-electron chi connectivity index (χ4n) is 0.997. The quantitative estimate of drug-likeness (QED) is 0.349. The fourth-order valence-corrected chi connectivity index (χ4v) is 0.997. The predicted octanol–water partition coefficient (Wildman–Crippen LogP) is 0.975.